The van der Waals surface area contributed by atoms with E-state index in [-0.39, 0.29) is 6.42 Å². The largest absolute Gasteiger partial charge is 0.481 e. The molecule has 1 atom stereocenters. The smallest absolute Gasteiger partial charge is 0.305 e. The number of carbonyl (C=O) groups is 1. The van der Waals surface area contributed by atoms with Crippen molar-refractivity contribution >= 4 is 17.7 Å². The van der Waals surface area contributed by atoms with Crippen molar-refractivity contribution in [1.82, 2.24) is 0 Å². The highest BCUT2D eigenvalue weighted by atomic mass is 32.2. The van der Waals surface area contributed by atoms with Crippen LogP contribution in [0.1, 0.15) is 23.6 Å². The van der Waals surface area contributed by atoms with Gasteiger partial charge in [0.1, 0.15) is 0 Å². The van der Waals surface area contributed by atoms with Gasteiger partial charge in [0.25, 0.3) is 0 Å². The van der Waals surface area contributed by atoms with Crippen LogP contribution in [0, 0.1) is 6.92 Å². The van der Waals surface area contributed by atoms with Crippen LogP contribution in [0.15, 0.2) is 23.1 Å². The molecule has 0 aliphatic carbocycles. The average molecular weight is 225 g/mol. The minimum atomic E-state index is -0.864. The van der Waals surface area contributed by atoms with Crippen molar-refractivity contribution in [2.75, 3.05) is 6.26 Å². The summed E-state index contributed by atoms with van der Waals surface area (Å²) in [6.45, 7) is 1.95. The van der Waals surface area contributed by atoms with Gasteiger partial charge < -0.3 is 10.8 Å². The fourth-order valence-corrected chi connectivity index (χ4v) is 1.89. The van der Waals surface area contributed by atoms with Crippen molar-refractivity contribution in [1.29, 1.82) is 0 Å². The summed E-state index contributed by atoms with van der Waals surface area (Å²) in [6.07, 6.45) is 1.95. The van der Waals surface area contributed by atoms with E-state index in [0.29, 0.717) is 0 Å². The Balaban J connectivity index is 2.95. The lowest BCUT2D eigenvalue weighted by Crippen LogP contribution is -2.16. The molecule has 0 radical (unpaired) electrons. The van der Waals surface area contributed by atoms with E-state index in [9.17, 15) is 4.79 Å². The van der Waals surface area contributed by atoms with E-state index in [2.05, 4.69) is 0 Å². The van der Waals surface area contributed by atoms with Crippen LogP contribution < -0.4 is 5.73 Å². The fraction of sp³-hybridized carbons (Fsp3) is 0.364. The minimum Gasteiger partial charge on any atom is -0.481 e. The molecule has 3 nitrogen and oxygen atoms in total. The maximum atomic E-state index is 10.6. The van der Waals surface area contributed by atoms with E-state index >= 15 is 0 Å². The standard InChI is InChI=1S/C11H15NO2S/c1-7-3-4-8(15-2)5-9(7)10(12)6-11(13)14/h3-5,10H,6,12H2,1-2H3,(H,13,14). The third kappa shape index (κ3) is 3.25. The normalized spacial score (nSPS) is 12.5. The highest BCUT2D eigenvalue weighted by Crippen LogP contribution is 2.24. The maximum absolute atomic E-state index is 10.6. The van der Waals surface area contributed by atoms with Crippen LogP contribution in [0.25, 0.3) is 0 Å². The number of thioether (sulfide) groups is 1. The lowest BCUT2D eigenvalue weighted by molar-refractivity contribution is -0.137. The van der Waals surface area contributed by atoms with Crippen molar-refractivity contribution in [2.45, 2.75) is 24.3 Å². The Morgan fingerprint density at radius 2 is 2.27 bits per heavy atom. The van der Waals surface area contributed by atoms with Crippen molar-refractivity contribution < 1.29 is 9.90 Å². The van der Waals surface area contributed by atoms with Crippen LogP contribution in [0.2, 0.25) is 0 Å². The molecule has 4 heteroatoms. The lowest BCUT2D eigenvalue weighted by atomic mass is 10.00. The van der Waals surface area contributed by atoms with Gasteiger partial charge in [-0.2, -0.15) is 0 Å². The first-order valence-electron chi connectivity index (χ1n) is 4.66. The second-order valence-corrected chi connectivity index (χ2v) is 4.31. The third-order valence-electron chi connectivity index (χ3n) is 2.28. The molecule has 0 aliphatic heterocycles. The summed E-state index contributed by atoms with van der Waals surface area (Å²) in [5.41, 5.74) is 7.79. The lowest BCUT2D eigenvalue weighted by Gasteiger charge is -2.13. The fourth-order valence-electron chi connectivity index (χ4n) is 1.44. The number of nitrogens with two attached hydrogens (primary N) is 1. The number of hydrogen-bond donors (Lipinski definition) is 2. The van der Waals surface area contributed by atoms with Crippen LogP contribution in [-0.4, -0.2) is 17.3 Å². The molecule has 0 aromatic heterocycles. The van der Waals surface area contributed by atoms with Gasteiger partial charge in [-0.15, -0.1) is 11.8 Å². The first kappa shape index (κ1) is 12.1. The summed E-state index contributed by atoms with van der Waals surface area (Å²) in [5, 5.41) is 8.68. The minimum absolute atomic E-state index is 0.0291. The Morgan fingerprint density at radius 3 is 2.80 bits per heavy atom. The number of hydrogen-bond acceptors (Lipinski definition) is 3. The highest BCUT2D eigenvalue weighted by molar-refractivity contribution is 7.98. The number of aliphatic carboxylic acids is 1. The number of rotatable bonds is 4. The zero-order valence-corrected chi connectivity index (χ0v) is 9.67. The number of carboxylic acid groups (broad SMARTS) is 1. The van der Waals surface area contributed by atoms with Gasteiger partial charge in [-0.05, 0) is 36.4 Å². The van der Waals surface area contributed by atoms with E-state index in [1.54, 1.807) is 11.8 Å². The van der Waals surface area contributed by atoms with Crippen LogP contribution in [0.5, 0.6) is 0 Å². The molecule has 3 N–H and O–H groups in total. The zero-order chi connectivity index (χ0) is 11.4. The number of aryl methyl sites for hydroxylation is 1. The van der Waals surface area contributed by atoms with Gasteiger partial charge in [-0.1, -0.05) is 6.07 Å². The Morgan fingerprint density at radius 1 is 1.60 bits per heavy atom. The van der Waals surface area contributed by atoms with E-state index in [4.69, 9.17) is 10.8 Å². The predicted octanol–water partition coefficient (Wildman–Crippen LogP) is 2.19. The molecular weight excluding hydrogens is 210 g/mol. The average Bonchev–Trinajstić information content (AvgIpc) is 2.17. The second kappa shape index (κ2) is 5.19. The Hall–Kier alpha value is -1.00. The Bertz CT molecular complexity index is 366. The van der Waals surface area contributed by atoms with Gasteiger partial charge in [-0.3, -0.25) is 4.79 Å². The molecule has 1 aromatic rings. The third-order valence-corrected chi connectivity index (χ3v) is 3.01. The molecule has 0 saturated heterocycles. The van der Waals surface area contributed by atoms with E-state index in [0.717, 1.165) is 16.0 Å². The molecule has 0 spiro atoms. The SMILES string of the molecule is CSc1ccc(C)c(C(N)CC(=O)O)c1. The summed E-state index contributed by atoms with van der Waals surface area (Å²) in [6, 6.07) is 5.53. The topological polar surface area (TPSA) is 63.3 Å². The van der Waals surface area contributed by atoms with Crippen LogP contribution in [-0.2, 0) is 4.79 Å². The van der Waals surface area contributed by atoms with Crippen LogP contribution >= 0.6 is 11.8 Å². The van der Waals surface area contributed by atoms with E-state index in [1.807, 2.05) is 31.4 Å². The Labute approximate surface area is 93.7 Å². The predicted molar refractivity (Wildman–Crippen MR) is 62.1 cm³/mol. The summed E-state index contributed by atoms with van der Waals surface area (Å²) in [5.74, 6) is -0.864. The highest BCUT2D eigenvalue weighted by Gasteiger charge is 2.13. The molecule has 15 heavy (non-hydrogen) atoms. The molecule has 1 aromatic carbocycles. The molecule has 1 rings (SSSR count). The van der Waals surface area contributed by atoms with Gasteiger partial charge in [-0.25, -0.2) is 0 Å². The molecule has 0 heterocycles. The maximum Gasteiger partial charge on any atom is 0.305 e. The summed E-state index contributed by atoms with van der Waals surface area (Å²) < 4.78 is 0. The molecule has 1 unspecified atom stereocenters. The molecule has 0 bridgehead atoms. The van der Waals surface area contributed by atoms with Crippen molar-refractivity contribution in [2.24, 2.45) is 5.73 Å². The van der Waals surface area contributed by atoms with E-state index in [1.165, 1.54) is 0 Å². The molecular formula is C11H15NO2S. The van der Waals surface area contributed by atoms with E-state index < -0.39 is 12.0 Å². The first-order valence-corrected chi connectivity index (χ1v) is 5.89. The molecule has 82 valence electrons. The molecule has 0 fully saturated rings. The molecule has 0 saturated carbocycles. The number of benzene rings is 1. The molecule has 0 aliphatic rings. The van der Waals surface area contributed by atoms with Crippen LogP contribution in [0.3, 0.4) is 0 Å². The quantitative estimate of drug-likeness (QED) is 0.771. The zero-order valence-electron chi connectivity index (χ0n) is 8.86. The van der Waals surface area contributed by atoms with Gasteiger partial charge in [0.15, 0.2) is 0 Å². The summed E-state index contributed by atoms with van der Waals surface area (Å²) in [4.78, 5) is 11.7. The Kier molecular flexibility index (Phi) is 4.17. The van der Waals surface area contributed by atoms with Gasteiger partial charge >= 0.3 is 5.97 Å². The summed E-state index contributed by atoms with van der Waals surface area (Å²) >= 11 is 1.62. The second-order valence-electron chi connectivity index (χ2n) is 3.43. The molecule has 0 amide bonds. The number of carboxylic acids is 1. The van der Waals surface area contributed by atoms with Gasteiger partial charge in [0, 0.05) is 10.9 Å². The van der Waals surface area contributed by atoms with Gasteiger partial charge in [0.05, 0.1) is 6.42 Å². The van der Waals surface area contributed by atoms with Crippen molar-refractivity contribution in [3.05, 3.63) is 29.3 Å². The monoisotopic (exact) mass is 225 g/mol. The first-order chi connectivity index (χ1) is 7.04. The van der Waals surface area contributed by atoms with Crippen molar-refractivity contribution in [3.8, 4) is 0 Å². The van der Waals surface area contributed by atoms with Crippen LogP contribution in [0.4, 0.5) is 0 Å². The van der Waals surface area contributed by atoms with Gasteiger partial charge in [0.2, 0.25) is 0 Å². The van der Waals surface area contributed by atoms with Crippen molar-refractivity contribution in [3.63, 3.8) is 0 Å². The summed E-state index contributed by atoms with van der Waals surface area (Å²) in [7, 11) is 0.